The minimum atomic E-state index is -0.864. The summed E-state index contributed by atoms with van der Waals surface area (Å²) in [5.74, 6) is -1.26. The van der Waals surface area contributed by atoms with Crippen molar-refractivity contribution in [2.75, 3.05) is 0 Å². The Balaban J connectivity index is 2.62. The molecule has 0 aromatic heterocycles. The van der Waals surface area contributed by atoms with Gasteiger partial charge >= 0.3 is 5.97 Å². The number of benzene rings is 1. The van der Waals surface area contributed by atoms with Gasteiger partial charge in [-0.15, -0.1) is 0 Å². The van der Waals surface area contributed by atoms with Crippen LogP contribution in [0.3, 0.4) is 0 Å². The Hall–Kier alpha value is -0.900. The number of hydrogen-bond donors (Lipinski definition) is 1. The number of rotatable bonds is 2. The van der Waals surface area contributed by atoms with E-state index in [0.29, 0.717) is 22.9 Å². The number of carboxylic acids is 1. The third-order valence-corrected chi connectivity index (χ3v) is 3.72. The van der Waals surface area contributed by atoms with E-state index in [0.717, 1.165) is 5.56 Å². The minimum absolute atomic E-state index is 0.294. The van der Waals surface area contributed by atoms with E-state index >= 15 is 0 Å². The standard InChI is InChI=1S/C11H10BrFO2/c1-6-2-3-7(13)9(12)8(6)11(4-5-11)10(14)15/h2-3H,4-5H2,1H3,(H,14,15). The van der Waals surface area contributed by atoms with Gasteiger partial charge in [0.15, 0.2) is 0 Å². The molecule has 0 amide bonds. The van der Waals surface area contributed by atoms with Crippen LogP contribution in [-0.4, -0.2) is 11.1 Å². The van der Waals surface area contributed by atoms with Crippen LogP contribution in [0, 0.1) is 12.7 Å². The molecule has 1 saturated carbocycles. The SMILES string of the molecule is Cc1ccc(F)c(Br)c1C1(C(=O)O)CC1. The molecule has 15 heavy (non-hydrogen) atoms. The summed E-state index contributed by atoms with van der Waals surface area (Å²) >= 11 is 3.14. The van der Waals surface area contributed by atoms with Crippen LogP contribution in [0.2, 0.25) is 0 Å². The number of aliphatic carboxylic acids is 1. The highest BCUT2D eigenvalue weighted by atomic mass is 79.9. The van der Waals surface area contributed by atoms with Crippen molar-refractivity contribution in [1.82, 2.24) is 0 Å². The van der Waals surface area contributed by atoms with Crippen molar-refractivity contribution in [2.24, 2.45) is 0 Å². The van der Waals surface area contributed by atoms with Gasteiger partial charge in [-0.2, -0.15) is 0 Å². The fourth-order valence-electron chi connectivity index (χ4n) is 1.93. The Morgan fingerprint density at radius 2 is 2.13 bits per heavy atom. The molecule has 0 heterocycles. The van der Waals surface area contributed by atoms with E-state index in [2.05, 4.69) is 15.9 Å². The van der Waals surface area contributed by atoms with Gasteiger partial charge in [0, 0.05) is 0 Å². The fourth-order valence-corrected chi connectivity index (χ4v) is 2.75. The van der Waals surface area contributed by atoms with Crippen LogP contribution in [0.1, 0.15) is 24.0 Å². The van der Waals surface area contributed by atoms with Crippen molar-refractivity contribution in [2.45, 2.75) is 25.2 Å². The molecule has 0 aliphatic heterocycles. The number of aryl methyl sites for hydroxylation is 1. The van der Waals surface area contributed by atoms with Gasteiger partial charge in [0.05, 0.1) is 9.89 Å². The van der Waals surface area contributed by atoms with Crippen LogP contribution < -0.4 is 0 Å². The molecule has 0 atom stereocenters. The monoisotopic (exact) mass is 272 g/mol. The summed E-state index contributed by atoms with van der Waals surface area (Å²) in [7, 11) is 0. The van der Waals surface area contributed by atoms with Crippen molar-refractivity contribution in [1.29, 1.82) is 0 Å². The van der Waals surface area contributed by atoms with Gasteiger partial charge in [-0.25, -0.2) is 4.39 Å². The Morgan fingerprint density at radius 3 is 2.60 bits per heavy atom. The van der Waals surface area contributed by atoms with E-state index in [9.17, 15) is 9.18 Å². The third kappa shape index (κ3) is 1.47. The summed E-state index contributed by atoms with van der Waals surface area (Å²) in [6.07, 6.45) is 1.18. The Bertz CT molecular complexity index is 438. The van der Waals surface area contributed by atoms with E-state index in [1.807, 2.05) is 6.92 Å². The van der Waals surface area contributed by atoms with E-state index in [1.165, 1.54) is 6.07 Å². The van der Waals surface area contributed by atoms with Gasteiger partial charge in [-0.1, -0.05) is 6.07 Å². The molecular formula is C11H10BrFO2. The summed E-state index contributed by atoms with van der Waals surface area (Å²) in [5.41, 5.74) is 0.559. The van der Waals surface area contributed by atoms with Gasteiger partial charge in [-0.3, -0.25) is 4.79 Å². The molecular weight excluding hydrogens is 263 g/mol. The lowest BCUT2D eigenvalue weighted by molar-refractivity contribution is -0.140. The van der Waals surface area contributed by atoms with Gasteiger partial charge in [-0.05, 0) is 52.9 Å². The number of hydrogen-bond acceptors (Lipinski definition) is 1. The average Bonchev–Trinajstić information content (AvgIpc) is 2.93. The van der Waals surface area contributed by atoms with E-state index < -0.39 is 17.2 Å². The molecule has 1 aromatic rings. The molecule has 0 radical (unpaired) electrons. The molecule has 1 aliphatic rings. The first-order valence-electron chi connectivity index (χ1n) is 4.67. The molecule has 80 valence electrons. The molecule has 2 rings (SSSR count). The summed E-state index contributed by atoms with van der Waals surface area (Å²) < 4.78 is 13.6. The van der Waals surface area contributed by atoms with Crippen LogP contribution in [0.5, 0.6) is 0 Å². The van der Waals surface area contributed by atoms with Crippen molar-refractivity contribution in [3.63, 3.8) is 0 Å². The third-order valence-electron chi connectivity index (χ3n) is 2.94. The predicted molar refractivity (Wildman–Crippen MR) is 57.4 cm³/mol. The second-order valence-corrected chi connectivity index (χ2v) is 4.73. The summed E-state index contributed by atoms with van der Waals surface area (Å²) in [6.45, 7) is 1.81. The Morgan fingerprint density at radius 1 is 1.53 bits per heavy atom. The van der Waals surface area contributed by atoms with Crippen molar-refractivity contribution >= 4 is 21.9 Å². The maximum atomic E-state index is 13.3. The topological polar surface area (TPSA) is 37.3 Å². The lowest BCUT2D eigenvalue weighted by atomic mass is 9.92. The van der Waals surface area contributed by atoms with E-state index in [-0.39, 0.29) is 0 Å². The normalized spacial score (nSPS) is 17.5. The highest BCUT2D eigenvalue weighted by Crippen LogP contribution is 2.52. The van der Waals surface area contributed by atoms with Crippen molar-refractivity contribution in [3.05, 3.63) is 33.5 Å². The van der Waals surface area contributed by atoms with Crippen LogP contribution >= 0.6 is 15.9 Å². The van der Waals surface area contributed by atoms with Crippen LogP contribution in [-0.2, 0) is 10.2 Å². The second kappa shape index (κ2) is 3.30. The number of halogens is 2. The van der Waals surface area contributed by atoms with Crippen molar-refractivity contribution < 1.29 is 14.3 Å². The maximum absolute atomic E-state index is 13.3. The van der Waals surface area contributed by atoms with Gasteiger partial charge < -0.3 is 5.11 Å². The summed E-state index contributed by atoms with van der Waals surface area (Å²) in [4.78, 5) is 11.2. The molecule has 1 N–H and O–H groups in total. The molecule has 0 bridgehead atoms. The zero-order valence-corrected chi connectivity index (χ0v) is 9.77. The molecule has 4 heteroatoms. The Labute approximate surface area is 95.2 Å². The smallest absolute Gasteiger partial charge is 0.314 e. The highest BCUT2D eigenvalue weighted by molar-refractivity contribution is 9.10. The number of carboxylic acid groups (broad SMARTS) is 1. The predicted octanol–water partition coefficient (Wildman–Crippen LogP) is 3.01. The largest absolute Gasteiger partial charge is 0.481 e. The van der Waals surface area contributed by atoms with E-state index in [1.54, 1.807) is 6.07 Å². The molecule has 0 saturated heterocycles. The lowest BCUT2D eigenvalue weighted by Crippen LogP contribution is -2.21. The average molecular weight is 273 g/mol. The first-order chi connectivity index (χ1) is 6.99. The zero-order chi connectivity index (χ0) is 11.2. The van der Waals surface area contributed by atoms with Crippen LogP contribution in [0.15, 0.2) is 16.6 Å². The maximum Gasteiger partial charge on any atom is 0.314 e. The van der Waals surface area contributed by atoms with Crippen molar-refractivity contribution in [3.8, 4) is 0 Å². The fraction of sp³-hybridized carbons (Fsp3) is 0.364. The molecule has 1 aromatic carbocycles. The van der Waals surface area contributed by atoms with Crippen LogP contribution in [0.4, 0.5) is 4.39 Å². The minimum Gasteiger partial charge on any atom is -0.481 e. The molecule has 2 nitrogen and oxygen atoms in total. The molecule has 1 fully saturated rings. The quantitative estimate of drug-likeness (QED) is 0.899. The zero-order valence-electron chi connectivity index (χ0n) is 8.18. The molecule has 0 unspecified atom stereocenters. The summed E-state index contributed by atoms with van der Waals surface area (Å²) in [5, 5.41) is 9.15. The number of carbonyl (C=O) groups is 1. The molecule has 1 aliphatic carbocycles. The lowest BCUT2D eigenvalue weighted by Gasteiger charge is -2.15. The van der Waals surface area contributed by atoms with Crippen LogP contribution in [0.25, 0.3) is 0 Å². The second-order valence-electron chi connectivity index (χ2n) is 3.94. The van der Waals surface area contributed by atoms with E-state index in [4.69, 9.17) is 5.11 Å². The van der Waals surface area contributed by atoms with Gasteiger partial charge in [0.25, 0.3) is 0 Å². The highest BCUT2D eigenvalue weighted by Gasteiger charge is 2.53. The first-order valence-corrected chi connectivity index (χ1v) is 5.47. The van der Waals surface area contributed by atoms with Gasteiger partial charge in [0.1, 0.15) is 5.82 Å². The molecule has 0 spiro atoms. The first kappa shape index (κ1) is 10.6. The Kier molecular flexibility index (Phi) is 2.34. The van der Waals surface area contributed by atoms with Gasteiger partial charge in [0.2, 0.25) is 0 Å². The summed E-state index contributed by atoms with van der Waals surface area (Å²) in [6, 6.07) is 2.97.